The quantitative estimate of drug-likeness (QED) is 0.361. The fourth-order valence-electron chi connectivity index (χ4n) is 5.84. The fraction of sp³-hybridized carbons (Fsp3) is 0.667. The second-order valence-electron chi connectivity index (χ2n) is 14.4. The molecule has 7 heteroatoms. The Morgan fingerprint density at radius 3 is 2.20 bits per heavy atom. The van der Waals surface area contributed by atoms with Crippen LogP contribution in [-0.4, -0.2) is 46.3 Å². The second kappa shape index (κ2) is 11.7. The minimum absolute atomic E-state index is 0.248. The molecule has 0 radical (unpaired) electrons. The highest BCUT2D eigenvalue weighted by Gasteiger charge is 2.36. The number of anilines is 1. The number of nitrogens with zero attached hydrogens (tertiary/aromatic N) is 3. The number of carboxylic acids is 1. The fourth-order valence-corrected chi connectivity index (χ4v) is 5.84. The van der Waals surface area contributed by atoms with Gasteiger partial charge in [-0.25, -0.2) is 4.79 Å². The van der Waals surface area contributed by atoms with Crippen molar-refractivity contribution < 1.29 is 19.4 Å². The van der Waals surface area contributed by atoms with Crippen LogP contribution in [0.1, 0.15) is 104 Å². The highest BCUT2D eigenvalue weighted by molar-refractivity contribution is 5.85. The Kier molecular flexibility index (Phi) is 8.84. The molecular weight excluding hydrogens is 502 g/mol. The summed E-state index contributed by atoms with van der Waals surface area (Å²) in [6, 6.07) is 3.94. The van der Waals surface area contributed by atoms with Crippen LogP contribution < -0.4 is 9.64 Å². The van der Waals surface area contributed by atoms with E-state index in [0.29, 0.717) is 29.2 Å². The van der Waals surface area contributed by atoms with Crippen molar-refractivity contribution in [3.8, 4) is 17.0 Å². The van der Waals surface area contributed by atoms with Gasteiger partial charge in [0.05, 0.1) is 29.8 Å². The van der Waals surface area contributed by atoms with Crippen molar-refractivity contribution in [1.82, 2.24) is 9.97 Å². The molecule has 2 aromatic heterocycles. The lowest BCUT2D eigenvalue weighted by molar-refractivity contribution is -0.160. The van der Waals surface area contributed by atoms with E-state index in [4.69, 9.17) is 14.5 Å². The van der Waals surface area contributed by atoms with Gasteiger partial charge in [0.25, 0.3) is 0 Å². The van der Waals surface area contributed by atoms with E-state index in [-0.39, 0.29) is 5.41 Å². The Labute approximate surface area is 240 Å². The van der Waals surface area contributed by atoms with Crippen molar-refractivity contribution in [3.05, 3.63) is 35.8 Å². The van der Waals surface area contributed by atoms with Gasteiger partial charge in [-0.2, -0.15) is 0 Å². The number of pyridine rings is 2. The van der Waals surface area contributed by atoms with Gasteiger partial charge in [-0.15, -0.1) is 0 Å². The largest absolute Gasteiger partial charge is 0.492 e. The molecule has 1 aliphatic carbocycles. The number of aryl methyl sites for hydroxylation is 1. The Bertz CT molecular complexity index is 1160. The van der Waals surface area contributed by atoms with E-state index in [0.717, 1.165) is 48.6 Å². The van der Waals surface area contributed by atoms with Gasteiger partial charge in [0.15, 0.2) is 6.10 Å². The molecule has 2 fully saturated rings. The summed E-state index contributed by atoms with van der Waals surface area (Å²) in [5.41, 5.74) is 3.77. The molecule has 40 heavy (non-hydrogen) atoms. The Hall–Kier alpha value is -2.67. The molecule has 2 aliphatic rings. The number of rotatable bonds is 8. The lowest BCUT2D eigenvalue weighted by Crippen LogP contribution is -2.39. The minimum Gasteiger partial charge on any atom is -0.492 e. The summed E-state index contributed by atoms with van der Waals surface area (Å²) in [6.45, 7) is 19.2. The summed E-state index contributed by atoms with van der Waals surface area (Å²) in [5, 5.41) is 10.3. The molecule has 1 aliphatic heterocycles. The first-order chi connectivity index (χ1) is 18.6. The van der Waals surface area contributed by atoms with E-state index in [9.17, 15) is 9.90 Å². The summed E-state index contributed by atoms with van der Waals surface area (Å²) in [4.78, 5) is 24.4. The van der Waals surface area contributed by atoms with Gasteiger partial charge in [0, 0.05) is 36.1 Å². The molecule has 3 heterocycles. The van der Waals surface area contributed by atoms with Crippen LogP contribution in [0.2, 0.25) is 0 Å². The van der Waals surface area contributed by atoms with Gasteiger partial charge in [0.2, 0.25) is 0 Å². The lowest BCUT2D eigenvalue weighted by atomic mass is 9.73. The van der Waals surface area contributed by atoms with Gasteiger partial charge >= 0.3 is 5.97 Å². The molecule has 2 aromatic rings. The zero-order valence-electron chi connectivity index (χ0n) is 25.8. The average molecular weight is 552 g/mol. The van der Waals surface area contributed by atoms with Crippen LogP contribution >= 0.6 is 0 Å². The molecule has 0 amide bonds. The normalized spacial score (nSPS) is 20.2. The van der Waals surface area contributed by atoms with Crippen LogP contribution in [0.3, 0.4) is 0 Å². The predicted octanol–water partition coefficient (Wildman–Crippen LogP) is 7.61. The third kappa shape index (κ3) is 7.54. The number of aliphatic carboxylic acids is 1. The van der Waals surface area contributed by atoms with Crippen LogP contribution in [0.15, 0.2) is 24.5 Å². The maximum absolute atomic E-state index is 12.6. The summed E-state index contributed by atoms with van der Waals surface area (Å²) in [5.74, 6) is 0.329. The first-order valence-corrected chi connectivity index (χ1v) is 14.9. The van der Waals surface area contributed by atoms with Gasteiger partial charge in [-0.05, 0) is 95.1 Å². The first-order valence-electron chi connectivity index (χ1n) is 14.9. The summed E-state index contributed by atoms with van der Waals surface area (Å²) < 4.78 is 12.3. The van der Waals surface area contributed by atoms with Crippen LogP contribution in [0.5, 0.6) is 5.75 Å². The van der Waals surface area contributed by atoms with Gasteiger partial charge < -0.3 is 19.5 Å². The number of carbonyl (C=O) groups is 1. The Morgan fingerprint density at radius 1 is 1.02 bits per heavy atom. The van der Waals surface area contributed by atoms with E-state index < -0.39 is 17.7 Å². The predicted molar refractivity (Wildman–Crippen MR) is 160 cm³/mol. The van der Waals surface area contributed by atoms with E-state index in [1.165, 1.54) is 25.7 Å². The smallest absolute Gasteiger partial charge is 0.337 e. The Balaban J connectivity index is 1.66. The molecule has 220 valence electrons. The van der Waals surface area contributed by atoms with E-state index >= 15 is 0 Å². The molecule has 7 nitrogen and oxygen atoms in total. The monoisotopic (exact) mass is 551 g/mol. The van der Waals surface area contributed by atoms with Crippen LogP contribution in [0.4, 0.5) is 5.69 Å². The zero-order valence-corrected chi connectivity index (χ0v) is 25.8. The van der Waals surface area contributed by atoms with Crippen molar-refractivity contribution in [2.24, 2.45) is 16.7 Å². The van der Waals surface area contributed by atoms with E-state index in [1.54, 1.807) is 6.20 Å². The third-order valence-corrected chi connectivity index (χ3v) is 8.64. The molecule has 1 atom stereocenters. The minimum atomic E-state index is -1.14. The van der Waals surface area contributed by atoms with Crippen LogP contribution in [0.25, 0.3) is 11.3 Å². The first kappa shape index (κ1) is 30.3. The van der Waals surface area contributed by atoms with Crippen molar-refractivity contribution in [3.63, 3.8) is 0 Å². The zero-order chi connectivity index (χ0) is 29.3. The third-order valence-electron chi connectivity index (χ3n) is 8.64. The number of hydrogen-bond donors (Lipinski definition) is 1. The summed E-state index contributed by atoms with van der Waals surface area (Å²) in [6.07, 6.45) is 9.40. The standard InChI is InChI=1S/C33H49N3O4/c1-22-27(29(30(37)38)40-31(2,3)4)28(36-17-15-33(7,8)16-18-36)25(20-34-22)26-10-9-24(19-35-26)39-21-23-11-13-32(5,6)14-12-23/h9-10,19-20,23,29H,11-18,21H2,1-8H3,(H,37,38)/t29-/m0/s1. The maximum Gasteiger partial charge on any atom is 0.337 e. The Morgan fingerprint density at radius 2 is 1.65 bits per heavy atom. The van der Waals surface area contributed by atoms with Crippen molar-refractivity contribution >= 4 is 11.7 Å². The molecule has 1 saturated carbocycles. The number of hydrogen-bond acceptors (Lipinski definition) is 6. The molecule has 4 rings (SSSR count). The molecule has 0 bridgehead atoms. The topological polar surface area (TPSA) is 84.8 Å². The number of piperidine rings is 1. The number of carboxylic acid groups (broad SMARTS) is 1. The molecular formula is C33H49N3O4. The van der Waals surface area contributed by atoms with Gasteiger partial charge in [0.1, 0.15) is 5.75 Å². The van der Waals surface area contributed by atoms with Crippen molar-refractivity contribution in [2.75, 3.05) is 24.6 Å². The van der Waals surface area contributed by atoms with Crippen molar-refractivity contribution in [2.45, 2.75) is 106 Å². The lowest BCUT2D eigenvalue weighted by Gasteiger charge is -2.40. The van der Waals surface area contributed by atoms with Crippen molar-refractivity contribution in [1.29, 1.82) is 0 Å². The number of aromatic nitrogens is 2. The second-order valence-corrected chi connectivity index (χ2v) is 14.4. The van der Waals surface area contributed by atoms with Crippen LogP contribution in [-0.2, 0) is 9.53 Å². The van der Waals surface area contributed by atoms with Gasteiger partial charge in [-0.1, -0.05) is 27.7 Å². The average Bonchev–Trinajstić information content (AvgIpc) is 2.86. The highest BCUT2D eigenvalue weighted by Crippen LogP contribution is 2.43. The SMILES string of the molecule is Cc1ncc(-c2ccc(OCC3CCC(C)(C)CC3)cn2)c(N2CCC(C)(C)CC2)c1[C@H](OC(C)(C)C)C(=O)O. The summed E-state index contributed by atoms with van der Waals surface area (Å²) >= 11 is 0. The van der Waals surface area contributed by atoms with E-state index in [1.807, 2.05) is 46.0 Å². The van der Waals surface area contributed by atoms with Crippen LogP contribution in [0, 0.1) is 23.7 Å². The molecule has 0 unspecified atom stereocenters. The van der Waals surface area contributed by atoms with E-state index in [2.05, 4.69) is 37.6 Å². The molecule has 0 spiro atoms. The molecule has 1 saturated heterocycles. The highest BCUT2D eigenvalue weighted by atomic mass is 16.5. The number of ether oxygens (including phenoxy) is 2. The molecule has 0 aromatic carbocycles. The summed E-state index contributed by atoms with van der Waals surface area (Å²) in [7, 11) is 0. The molecule has 1 N–H and O–H groups in total. The maximum atomic E-state index is 12.6. The van der Waals surface area contributed by atoms with Gasteiger partial charge in [-0.3, -0.25) is 9.97 Å².